The number of hydrogen-bond donors (Lipinski definition) is 4. The van der Waals surface area contributed by atoms with Gasteiger partial charge in [-0.2, -0.15) is 0 Å². The Morgan fingerprint density at radius 1 is 1.08 bits per heavy atom. The van der Waals surface area contributed by atoms with E-state index in [1.807, 2.05) is 66.1 Å². The molecule has 0 aliphatic carbocycles. The summed E-state index contributed by atoms with van der Waals surface area (Å²) in [6.45, 7) is -0.484. The number of β-lactam (4-membered cyclic amide) rings is 1. The van der Waals surface area contributed by atoms with E-state index in [0.29, 0.717) is 10.1 Å². The molecular formula is C30H31Cl2N9O6S4. The minimum atomic E-state index is -1.11. The fourth-order valence-electron chi connectivity index (χ4n) is 5.15. The highest BCUT2D eigenvalue weighted by molar-refractivity contribution is 8.01. The number of nitrogens with two attached hydrogens (primary N) is 2. The lowest BCUT2D eigenvalue weighted by Crippen LogP contribution is -2.74. The van der Waals surface area contributed by atoms with E-state index in [1.165, 1.54) is 40.2 Å². The van der Waals surface area contributed by atoms with Crippen molar-refractivity contribution in [3.63, 3.8) is 0 Å². The van der Waals surface area contributed by atoms with Gasteiger partial charge in [0.1, 0.15) is 28.0 Å². The second-order valence-electron chi connectivity index (χ2n) is 10.9. The summed E-state index contributed by atoms with van der Waals surface area (Å²) in [4.78, 5) is 63.5. The molecule has 21 heteroatoms. The molecule has 0 bridgehead atoms. The third-order valence-corrected chi connectivity index (χ3v) is 12.0. The summed E-state index contributed by atoms with van der Waals surface area (Å²) in [7, 11) is 0. The molecule has 2 saturated heterocycles. The molecule has 3 atom stereocenters. The molecule has 4 heterocycles. The third-order valence-electron chi connectivity index (χ3n) is 7.60. The van der Waals surface area contributed by atoms with Crippen LogP contribution in [0.25, 0.3) is 0 Å². The normalized spacial score (nSPS) is 19.5. The quantitative estimate of drug-likeness (QED) is 0.0291. The molecule has 0 saturated carbocycles. The number of halogens is 2. The summed E-state index contributed by atoms with van der Waals surface area (Å²) in [5.74, 6) is 3.40. The van der Waals surface area contributed by atoms with Gasteiger partial charge in [-0.05, 0) is 11.1 Å². The summed E-state index contributed by atoms with van der Waals surface area (Å²) in [6, 6.07) is 18.0. The molecule has 6 rings (SSSR count). The van der Waals surface area contributed by atoms with Crippen LogP contribution in [0.15, 0.2) is 81.0 Å². The number of hydrazine groups is 1. The highest BCUT2D eigenvalue weighted by Gasteiger charge is 2.58. The van der Waals surface area contributed by atoms with Gasteiger partial charge >= 0.3 is 5.97 Å². The van der Waals surface area contributed by atoms with E-state index in [0.717, 1.165) is 22.5 Å². The Balaban J connectivity index is 0.00000292. The molecule has 51 heavy (non-hydrogen) atoms. The number of ether oxygens (including phenoxy) is 1. The smallest absolute Gasteiger partial charge is 0.316 e. The molecule has 3 amide bonds. The van der Waals surface area contributed by atoms with Crippen LogP contribution in [0.3, 0.4) is 0 Å². The SMILES string of the molecule is Cl.Cl.NNC(=O)CON=C(C(=O)NC1C(=O)N2CC(CSc3nncs3)(C(=O)OC(c3ccccc3)c3ccccc3)CS[C@H]12)c1csc(N)n1. The predicted octanol–water partition coefficient (Wildman–Crippen LogP) is 2.64. The summed E-state index contributed by atoms with van der Waals surface area (Å²) in [5.41, 5.74) is 9.61. The van der Waals surface area contributed by atoms with Gasteiger partial charge in [0.25, 0.3) is 11.8 Å². The van der Waals surface area contributed by atoms with Gasteiger partial charge in [-0.1, -0.05) is 88.9 Å². The van der Waals surface area contributed by atoms with Crippen molar-refractivity contribution in [3.05, 3.63) is 88.4 Å². The lowest BCUT2D eigenvalue weighted by molar-refractivity contribution is -0.164. The fourth-order valence-corrected chi connectivity index (χ4v) is 9.03. The maximum atomic E-state index is 14.3. The molecule has 0 spiro atoms. The van der Waals surface area contributed by atoms with Gasteiger partial charge < -0.3 is 25.5 Å². The van der Waals surface area contributed by atoms with Gasteiger partial charge in [-0.15, -0.1) is 58.1 Å². The summed E-state index contributed by atoms with van der Waals surface area (Å²) in [6.07, 6.45) is -0.671. The third kappa shape index (κ3) is 9.09. The van der Waals surface area contributed by atoms with E-state index in [9.17, 15) is 19.2 Å². The standard InChI is InChI=1S/C30H29N9O6S4.2ClH/c31-28-34-19(12-46-28)21(38-44-11-20(40)36-32)24(41)35-22-25(42)39-13-30(14-47-26(22)39,15-48-29-37-33-16-49-29)27(43)45-23(17-7-3-1-4-8-17)18-9-5-2-6-10-18;;/h1-10,12,16,22-23,26H,11,13-15,32H2,(H2,31,34)(H,35,41)(H,36,40);2*1H/t22?,26-,30?;;/m1../s1. The van der Waals surface area contributed by atoms with Crippen molar-refractivity contribution in [1.82, 2.24) is 30.8 Å². The molecular weight excluding hydrogens is 782 g/mol. The number of esters is 1. The summed E-state index contributed by atoms with van der Waals surface area (Å²) in [5, 5.41) is 15.7. The molecule has 270 valence electrons. The Labute approximate surface area is 320 Å². The van der Waals surface area contributed by atoms with Gasteiger partial charge in [0.2, 0.25) is 5.91 Å². The average molecular weight is 813 g/mol. The highest BCUT2D eigenvalue weighted by Crippen LogP contribution is 2.46. The molecule has 2 aromatic carbocycles. The molecule has 15 nitrogen and oxygen atoms in total. The van der Waals surface area contributed by atoms with Crippen molar-refractivity contribution in [2.45, 2.75) is 21.9 Å². The molecule has 4 aromatic rings. The number of hydrogen-bond acceptors (Lipinski definition) is 16. The predicted molar refractivity (Wildman–Crippen MR) is 200 cm³/mol. The number of thioether (sulfide) groups is 2. The monoisotopic (exact) mass is 811 g/mol. The van der Waals surface area contributed by atoms with Crippen LogP contribution in [0.1, 0.15) is 22.9 Å². The van der Waals surface area contributed by atoms with E-state index in [4.69, 9.17) is 21.2 Å². The van der Waals surface area contributed by atoms with E-state index in [2.05, 4.69) is 25.7 Å². The first-order valence-corrected chi connectivity index (χ1v) is 18.4. The first-order chi connectivity index (χ1) is 23.8. The van der Waals surface area contributed by atoms with Crippen molar-refractivity contribution in [3.8, 4) is 0 Å². The minimum absolute atomic E-state index is 0. The van der Waals surface area contributed by atoms with Crippen molar-refractivity contribution >= 4 is 106 Å². The zero-order valence-corrected chi connectivity index (χ0v) is 31.2. The number of oxime groups is 1. The lowest BCUT2D eigenvalue weighted by Gasteiger charge is -2.54. The van der Waals surface area contributed by atoms with Crippen molar-refractivity contribution in [2.24, 2.45) is 16.4 Å². The maximum absolute atomic E-state index is 14.3. The molecule has 2 unspecified atom stereocenters. The average Bonchev–Trinajstić information content (AvgIpc) is 3.82. The van der Waals surface area contributed by atoms with Crippen molar-refractivity contribution < 1.29 is 28.8 Å². The van der Waals surface area contributed by atoms with E-state index < -0.39 is 47.3 Å². The number of nitrogens with one attached hydrogen (secondary N) is 2. The van der Waals surface area contributed by atoms with Gasteiger partial charge in [0.05, 0.1) is 0 Å². The van der Waals surface area contributed by atoms with E-state index >= 15 is 0 Å². The Morgan fingerprint density at radius 3 is 2.35 bits per heavy atom. The minimum Gasteiger partial charge on any atom is -0.452 e. The first-order valence-electron chi connectivity index (χ1n) is 14.6. The van der Waals surface area contributed by atoms with Crippen LogP contribution in [0.4, 0.5) is 5.13 Å². The van der Waals surface area contributed by atoms with Crippen molar-refractivity contribution in [2.75, 3.05) is 30.4 Å². The molecule has 2 aliphatic rings. The van der Waals surface area contributed by atoms with Gasteiger partial charge in [-0.3, -0.25) is 24.6 Å². The molecule has 6 N–H and O–H groups in total. The maximum Gasteiger partial charge on any atom is 0.316 e. The topological polar surface area (TPSA) is 217 Å². The molecule has 2 aliphatic heterocycles. The fraction of sp³-hybridized carbons (Fsp3) is 0.267. The van der Waals surface area contributed by atoms with Crippen LogP contribution in [0.5, 0.6) is 0 Å². The molecule has 0 radical (unpaired) electrons. The van der Waals surface area contributed by atoms with Crippen LogP contribution in [0, 0.1) is 5.41 Å². The number of benzene rings is 2. The van der Waals surface area contributed by atoms with Crippen LogP contribution in [0.2, 0.25) is 0 Å². The molecule has 2 aromatic heterocycles. The summed E-state index contributed by atoms with van der Waals surface area (Å²) >= 11 is 5.17. The lowest BCUT2D eigenvalue weighted by atomic mass is 9.88. The number of nitrogen functional groups attached to an aromatic ring is 1. The Morgan fingerprint density at radius 2 is 1.76 bits per heavy atom. The largest absolute Gasteiger partial charge is 0.452 e. The van der Waals surface area contributed by atoms with Gasteiger partial charge in [0.15, 0.2) is 27.9 Å². The van der Waals surface area contributed by atoms with Crippen LogP contribution in [-0.4, -0.2) is 85.6 Å². The number of fused-ring (bicyclic) bond motifs is 1. The van der Waals surface area contributed by atoms with Crippen LogP contribution in [-0.2, 0) is 28.8 Å². The second kappa shape index (κ2) is 18.0. The van der Waals surface area contributed by atoms with Gasteiger partial charge in [-0.25, -0.2) is 10.8 Å². The number of nitrogens with zero attached hydrogens (tertiary/aromatic N) is 5. The van der Waals surface area contributed by atoms with Crippen molar-refractivity contribution in [1.29, 1.82) is 0 Å². The zero-order valence-electron chi connectivity index (χ0n) is 26.3. The number of anilines is 1. The Bertz CT molecular complexity index is 1800. The number of rotatable bonds is 13. The van der Waals surface area contributed by atoms with Crippen LogP contribution >= 0.6 is 71.0 Å². The number of carbonyl (C=O) groups is 4. The second-order valence-corrected chi connectivity index (χ2v) is 14.9. The Kier molecular flexibility index (Phi) is 14.0. The molecule has 2 fully saturated rings. The Hall–Kier alpha value is -3.98. The highest BCUT2D eigenvalue weighted by atomic mass is 35.5. The number of amides is 3. The van der Waals surface area contributed by atoms with E-state index in [1.54, 1.807) is 10.4 Å². The number of aromatic nitrogens is 3. The first kappa shape index (κ1) is 39.8. The summed E-state index contributed by atoms with van der Waals surface area (Å²) < 4.78 is 7.01. The van der Waals surface area contributed by atoms with Gasteiger partial charge in [0, 0.05) is 23.4 Å². The number of carbonyl (C=O) groups excluding carboxylic acids is 4. The zero-order chi connectivity index (χ0) is 34.4. The number of thiazole rings is 1. The van der Waals surface area contributed by atoms with Crippen LogP contribution < -0.4 is 22.3 Å². The van der Waals surface area contributed by atoms with E-state index in [-0.39, 0.29) is 59.6 Å².